The van der Waals surface area contributed by atoms with Gasteiger partial charge in [0.05, 0.1) is 6.04 Å². The molecule has 1 atom stereocenters. The molecule has 0 heterocycles. The fourth-order valence-electron chi connectivity index (χ4n) is 1.64. The molecule has 0 saturated carbocycles. The summed E-state index contributed by atoms with van der Waals surface area (Å²) >= 11 is 0. The maximum Gasteiger partial charge on any atom is 0.237 e. The van der Waals surface area contributed by atoms with Crippen LogP contribution in [-0.2, 0) is 11.3 Å². The first-order valence-electron chi connectivity index (χ1n) is 5.97. The van der Waals surface area contributed by atoms with Crippen molar-refractivity contribution >= 4 is 5.91 Å². The number of hydrogen-bond acceptors (Lipinski definition) is 3. The molecule has 1 aromatic carbocycles. The van der Waals surface area contributed by atoms with Crippen LogP contribution in [0, 0.1) is 0 Å². The third-order valence-corrected chi connectivity index (χ3v) is 2.67. The van der Waals surface area contributed by atoms with Crippen LogP contribution in [-0.4, -0.2) is 25.5 Å². The summed E-state index contributed by atoms with van der Waals surface area (Å²) in [7, 11) is 1.79. The number of amides is 1. The van der Waals surface area contributed by atoms with Crippen molar-refractivity contribution in [1.82, 2.24) is 10.6 Å². The van der Waals surface area contributed by atoms with Crippen molar-refractivity contribution < 1.29 is 4.79 Å². The highest BCUT2D eigenvalue weighted by Crippen LogP contribution is 1.99. The van der Waals surface area contributed by atoms with E-state index in [-0.39, 0.29) is 11.9 Å². The molecule has 0 aliphatic rings. The van der Waals surface area contributed by atoms with Gasteiger partial charge in [-0.1, -0.05) is 30.3 Å². The minimum absolute atomic E-state index is 0.0322. The van der Waals surface area contributed by atoms with Gasteiger partial charge in [-0.25, -0.2) is 0 Å². The molecular weight excluding hydrogens is 214 g/mol. The third kappa shape index (κ3) is 4.97. The van der Waals surface area contributed by atoms with Gasteiger partial charge in [0, 0.05) is 6.54 Å². The summed E-state index contributed by atoms with van der Waals surface area (Å²) in [6.07, 6.45) is 1.62. The van der Waals surface area contributed by atoms with Gasteiger partial charge in [-0.2, -0.15) is 0 Å². The Balaban J connectivity index is 2.37. The Labute approximate surface area is 103 Å². The molecule has 94 valence electrons. The van der Waals surface area contributed by atoms with Crippen LogP contribution in [0.5, 0.6) is 0 Å². The van der Waals surface area contributed by atoms with Crippen molar-refractivity contribution in [2.45, 2.75) is 25.4 Å². The molecular formula is C13H21N3O. The summed E-state index contributed by atoms with van der Waals surface area (Å²) < 4.78 is 0. The molecule has 1 rings (SSSR count). The number of benzene rings is 1. The van der Waals surface area contributed by atoms with Crippen LogP contribution in [0.1, 0.15) is 18.4 Å². The predicted octanol–water partition coefficient (Wildman–Crippen LogP) is 0.630. The average Bonchev–Trinajstić information content (AvgIpc) is 2.38. The summed E-state index contributed by atoms with van der Waals surface area (Å²) in [4.78, 5) is 11.8. The smallest absolute Gasteiger partial charge is 0.237 e. The first-order chi connectivity index (χ1) is 8.27. The molecule has 0 radical (unpaired) electrons. The van der Waals surface area contributed by atoms with E-state index in [1.807, 2.05) is 30.3 Å². The van der Waals surface area contributed by atoms with Gasteiger partial charge in [-0.15, -0.1) is 0 Å². The Bertz CT molecular complexity index is 327. The molecule has 0 aromatic heterocycles. The van der Waals surface area contributed by atoms with Gasteiger partial charge in [0.2, 0.25) is 5.91 Å². The topological polar surface area (TPSA) is 67.1 Å². The van der Waals surface area contributed by atoms with Gasteiger partial charge >= 0.3 is 0 Å². The zero-order chi connectivity index (χ0) is 12.5. The number of nitrogens with two attached hydrogens (primary N) is 1. The normalized spacial score (nSPS) is 12.1. The van der Waals surface area contributed by atoms with Crippen LogP contribution >= 0.6 is 0 Å². The molecule has 0 saturated heterocycles. The average molecular weight is 235 g/mol. The molecule has 0 fully saturated rings. The minimum atomic E-state index is -0.151. The molecule has 0 aliphatic carbocycles. The van der Waals surface area contributed by atoms with Crippen LogP contribution in [0.3, 0.4) is 0 Å². The van der Waals surface area contributed by atoms with Gasteiger partial charge in [0.15, 0.2) is 0 Å². The highest BCUT2D eigenvalue weighted by molar-refractivity contribution is 5.81. The maximum atomic E-state index is 11.8. The SMILES string of the molecule is CNC(CCCN)C(=O)NCc1ccccc1. The second kappa shape index (κ2) is 7.81. The Hall–Kier alpha value is -1.39. The van der Waals surface area contributed by atoms with Gasteiger partial charge in [-0.3, -0.25) is 4.79 Å². The molecule has 0 bridgehead atoms. The maximum absolute atomic E-state index is 11.8. The van der Waals surface area contributed by atoms with Crippen LogP contribution < -0.4 is 16.4 Å². The monoisotopic (exact) mass is 235 g/mol. The summed E-state index contributed by atoms with van der Waals surface area (Å²) in [5, 5.41) is 5.92. The molecule has 17 heavy (non-hydrogen) atoms. The number of nitrogens with one attached hydrogen (secondary N) is 2. The van der Waals surface area contributed by atoms with Gasteiger partial charge in [0.1, 0.15) is 0 Å². The van der Waals surface area contributed by atoms with Crippen LogP contribution in [0.25, 0.3) is 0 Å². The summed E-state index contributed by atoms with van der Waals surface area (Å²) in [6, 6.07) is 9.73. The standard InChI is InChI=1S/C13H21N3O/c1-15-12(8-5-9-14)13(17)16-10-11-6-3-2-4-7-11/h2-4,6-7,12,15H,5,8-10,14H2,1H3,(H,16,17). The number of likely N-dealkylation sites (N-methyl/N-ethyl adjacent to an activating group) is 1. The predicted molar refractivity (Wildman–Crippen MR) is 69.4 cm³/mol. The first-order valence-corrected chi connectivity index (χ1v) is 5.97. The Kier molecular flexibility index (Phi) is 6.29. The van der Waals surface area contributed by atoms with Gasteiger partial charge in [-0.05, 0) is 32.0 Å². The molecule has 4 N–H and O–H groups in total. The second-order valence-corrected chi connectivity index (χ2v) is 3.98. The van der Waals surface area contributed by atoms with Gasteiger partial charge < -0.3 is 16.4 Å². The first kappa shape index (κ1) is 13.7. The Morgan fingerprint density at radius 3 is 2.65 bits per heavy atom. The third-order valence-electron chi connectivity index (χ3n) is 2.67. The fraction of sp³-hybridized carbons (Fsp3) is 0.462. The molecule has 4 nitrogen and oxygen atoms in total. The molecule has 0 aliphatic heterocycles. The zero-order valence-electron chi connectivity index (χ0n) is 10.3. The van der Waals surface area contributed by atoms with Crippen molar-refractivity contribution in [3.63, 3.8) is 0 Å². The van der Waals surface area contributed by atoms with Crippen molar-refractivity contribution in [2.75, 3.05) is 13.6 Å². The van der Waals surface area contributed by atoms with Crippen molar-refractivity contribution in [3.8, 4) is 0 Å². The summed E-state index contributed by atoms with van der Waals surface area (Å²) in [5.41, 5.74) is 6.54. The van der Waals surface area contributed by atoms with Crippen molar-refractivity contribution in [2.24, 2.45) is 5.73 Å². The quantitative estimate of drug-likeness (QED) is 0.649. The molecule has 1 aromatic rings. The lowest BCUT2D eigenvalue weighted by molar-refractivity contribution is -0.123. The van der Waals surface area contributed by atoms with E-state index in [2.05, 4.69) is 10.6 Å². The zero-order valence-corrected chi connectivity index (χ0v) is 10.3. The van der Waals surface area contributed by atoms with E-state index in [9.17, 15) is 4.79 Å². The van der Waals surface area contributed by atoms with Crippen LogP contribution in [0.2, 0.25) is 0 Å². The lowest BCUT2D eigenvalue weighted by Crippen LogP contribution is -2.42. The van der Waals surface area contributed by atoms with Crippen molar-refractivity contribution in [1.29, 1.82) is 0 Å². The molecule has 1 unspecified atom stereocenters. The van der Waals surface area contributed by atoms with Crippen LogP contribution in [0.15, 0.2) is 30.3 Å². The van der Waals surface area contributed by atoms with E-state index < -0.39 is 0 Å². The van der Waals surface area contributed by atoms with Gasteiger partial charge in [0.25, 0.3) is 0 Å². The second-order valence-electron chi connectivity index (χ2n) is 3.98. The van der Waals surface area contributed by atoms with E-state index >= 15 is 0 Å². The molecule has 4 heteroatoms. The lowest BCUT2D eigenvalue weighted by atomic mass is 10.1. The van der Waals surface area contributed by atoms with E-state index in [1.54, 1.807) is 7.05 Å². The highest BCUT2D eigenvalue weighted by Gasteiger charge is 2.14. The van der Waals surface area contributed by atoms with E-state index in [0.717, 1.165) is 18.4 Å². The lowest BCUT2D eigenvalue weighted by Gasteiger charge is -2.15. The fourth-order valence-corrected chi connectivity index (χ4v) is 1.64. The van der Waals surface area contributed by atoms with Crippen molar-refractivity contribution in [3.05, 3.63) is 35.9 Å². The molecule has 1 amide bonds. The minimum Gasteiger partial charge on any atom is -0.351 e. The number of carbonyl (C=O) groups excluding carboxylic acids is 1. The summed E-state index contributed by atoms with van der Waals surface area (Å²) in [5.74, 6) is 0.0322. The largest absolute Gasteiger partial charge is 0.351 e. The van der Waals surface area contributed by atoms with Crippen LogP contribution in [0.4, 0.5) is 0 Å². The summed E-state index contributed by atoms with van der Waals surface area (Å²) in [6.45, 7) is 1.19. The number of hydrogen-bond donors (Lipinski definition) is 3. The van der Waals surface area contributed by atoms with E-state index in [1.165, 1.54) is 0 Å². The van der Waals surface area contributed by atoms with E-state index in [0.29, 0.717) is 13.1 Å². The Morgan fingerprint density at radius 2 is 2.06 bits per heavy atom. The number of carbonyl (C=O) groups is 1. The highest BCUT2D eigenvalue weighted by atomic mass is 16.2. The Morgan fingerprint density at radius 1 is 1.35 bits per heavy atom. The molecule has 0 spiro atoms. The number of rotatable bonds is 7. The van der Waals surface area contributed by atoms with E-state index in [4.69, 9.17) is 5.73 Å².